The molecule has 10 heteroatoms. The Kier molecular flexibility index (Phi) is 5.50. The number of nitrogens with zero attached hydrogens (tertiary/aromatic N) is 2. The molecule has 0 bridgehead atoms. The van der Waals surface area contributed by atoms with E-state index in [0.29, 0.717) is 11.0 Å². The van der Waals surface area contributed by atoms with Crippen molar-refractivity contribution >= 4 is 38.4 Å². The molecule has 2 atom stereocenters. The van der Waals surface area contributed by atoms with Gasteiger partial charge in [0.25, 0.3) is 5.91 Å². The summed E-state index contributed by atoms with van der Waals surface area (Å²) in [4.78, 5) is 16.9. The maximum Gasteiger partial charge on any atom is 0.255 e. The summed E-state index contributed by atoms with van der Waals surface area (Å²) in [6, 6.07) is 1.49. The van der Waals surface area contributed by atoms with Gasteiger partial charge >= 0.3 is 0 Å². The number of nitrogens with one attached hydrogen (secondary N) is 1. The first-order valence-electron chi connectivity index (χ1n) is 9.26. The summed E-state index contributed by atoms with van der Waals surface area (Å²) in [5, 5.41) is 13.1. The van der Waals surface area contributed by atoms with Crippen LogP contribution in [0.1, 0.15) is 48.1 Å². The lowest BCUT2D eigenvalue weighted by Crippen LogP contribution is -2.27. The number of sulfonamides is 1. The third-order valence-electron chi connectivity index (χ3n) is 4.98. The van der Waals surface area contributed by atoms with Crippen LogP contribution in [0, 0.1) is 0 Å². The Labute approximate surface area is 174 Å². The van der Waals surface area contributed by atoms with Gasteiger partial charge in [-0.05, 0) is 26.0 Å². The highest BCUT2D eigenvalue weighted by Crippen LogP contribution is 2.38. The van der Waals surface area contributed by atoms with E-state index in [1.165, 1.54) is 46.2 Å². The van der Waals surface area contributed by atoms with Crippen molar-refractivity contribution in [1.29, 1.82) is 0 Å². The topological polar surface area (TPSA) is 113 Å². The Hall–Kier alpha value is -2.72. The number of carbonyl (C=O) groups is 1. The van der Waals surface area contributed by atoms with Crippen LogP contribution in [0.25, 0.3) is 16.7 Å². The van der Waals surface area contributed by atoms with E-state index in [2.05, 4.69) is 10.3 Å². The zero-order valence-electron chi connectivity index (χ0n) is 17.4. The van der Waals surface area contributed by atoms with Crippen molar-refractivity contribution in [2.45, 2.75) is 32.0 Å². The first-order chi connectivity index (χ1) is 13.9. The quantitative estimate of drug-likeness (QED) is 0.744. The lowest BCUT2D eigenvalue weighted by molar-refractivity contribution is 0.0963. The van der Waals surface area contributed by atoms with Gasteiger partial charge in [-0.1, -0.05) is 12.2 Å². The largest absolute Gasteiger partial charge is 0.437 e. The maximum atomic E-state index is 14.1. The molecule has 0 aromatic carbocycles. The number of aliphatic hydroxyl groups excluding tert-OH is 1. The number of rotatable bonds is 5. The summed E-state index contributed by atoms with van der Waals surface area (Å²) in [7, 11) is -0.889. The zero-order chi connectivity index (χ0) is 22.4. The van der Waals surface area contributed by atoms with Crippen molar-refractivity contribution in [2.75, 3.05) is 24.7 Å². The molecule has 2 aromatic heterocycles. The number of furan rings is 1. The van der Waals surface area contributed by atoms with E-state index in [1.807, 2.05) is 0 Å². The predicted octanol–water partition coefficient (Wildman–Crippen LogP) is 2.71. The number of hydrogen-bond acceptors (Lipinski definition) is 6. The van der Waals surface area contributed by atoms with E-state index in [0.717, 1.165) is 10.6 Å². The molecular formula is C20H24FN3O5S. The van der Waals surface area contributed by atoms with Crippen molar-refractivity contribution in [3.63, 3.8) is 0 Å². The van der Waals surface area contributed by atoms with Crippen LogP contribution in [-0.2, 0) is 10.0 Å². The van der Waals surface area contributed by atoms with Crippen LogP contribution in [0.5, 0.6) is 0 Å². The fourth-order valence-corrected chi connectivity index (χ4v) is 3.64. The van der Waals surface area contributed by atoms with Gasteiger partial charge in [-0.15, -0.1) is 0 Å². The van der Waals surface area contributed by atoms with Crippen molar-refractivity contribution in [3.8, 4) is 0 Å². The number of alkyl halides is 1. The monoisotopic (exact) mass is 437 g/mol. The summed E-state index contributed by atoms with van der Waals surface area (Å²) in [5.41, 5.74) is -0.558. The van der Waals surface area contributed by atoms with E-state index < -0.39 is 27.7 Å². The third kappa shape index (κ3) is 3.97. The van der Waals surface area contributed by atoms with Crippen LogP contribution in [0.15, 0.2) is 28.7 Å². The van der Waals surface area contributed by atoms with Crippen molar-refractivity contribution in [1.82, 2.24) is 10.3 Å². The van der Waals surface area contributed by atoms with Gasteiger partial charge in [0.15, 0.2) is 5.82 Å². The van der Waals surface area contributed by atoms with Gasteiger partial charge in [-0.25, -0.2) is 12.8 Å². The van der Waals surface area contributed by atoms with Gasteiger partial charge in [-0.3, -0.25) is 9.10 Å². The number of pyridine rings is 1. The van der Waals surface area contributed by atoms with Crippen molar-refractivity contribution < 1.29 is 27.1 Å². The molecule has 2 heterocycles. The molecule has 0 radical (unpaired) electrons. The summed E-state index contributed by atoms with van der Waals surface area (Å²) in [6.45, 7) is 2.91. The van der Waals surface area contributed by atoms with Gasteiger partial charge in [0.2, 0.25) is 15.7 Å². The minimum Gasteiger partial charge on any atom is -0.437 e. The minimum atomic E-state index is -3.66. The second-order valence-corrected chi connectivity index (χ2v) is 9.53. The molecule has 2 unspecified atom stereocenters. The average molecular weight is 437 g/mol. The lowest BCUT2D eigenvalue weighted by atomic mass is 9.93. The molecule has 8 nitrogen and oxygen atoms in total. The molecule has 2 N–H and O–H groups in total. The normalized spacial score (nSPS) is 20.2. The van der Waals surface area contributed by atoms with Crippen molar-refractivity contribution in [3.05, 3.63) is 41.2 Å². The predicted molar refractivity (Wildman–Crippen MR) is 113 cm³/mol. The Morgan fingerprint density at radius 3 is 2.63 bits per heavy atom. The number of halogens is 1. The number of aromatic nitrogens is 1. The number of aliphatic hydroxyl groups is 1. The standard InChI is InChI=1S/C20H24FN3O5S/c1-11(25)13-10-14-15(18(26)22-3)16(12-6-8-20(2,21)9-7-12)29-19(14)23-17(13)24(4)30(5,27)28/h6-8,10-11,25H,9H2,1-5H3,(H,22,26). The molecular weight excluding hydrogens is 413 g/mol. The Bertz CT molecular complexity index is 1180. The fourth-order valence-electron chi connectivity index (χ4n) is 3.18. The first kappa shape index (κ1) is 22.0. The number of fused-ring (bicyclic) bond motifs is 1. The maximum absolute atomic E-state index is 14.1. The van der Waals surface area contributed by atoms with Gasteiger partial charge in [0, 0.05) is 31.7 Å². The van der Waals surface area contributed by atoms with Gasteiger partial charge in [0.1, 0.15) is 11.4 Å². The lowest BCUT2D eigenvalue weighted by Gasteiger charge is -2.20. The van der Waals surface area contributed by atoms with Crippen molar-refractivity contribution in [2.24, 2.45) is 0 Å². The molecule has 162 valence electrons. The molecule has 30 heavy (non-hydrogen) atoms. The van der Waals surface area contributed by atoms with Gasteiger partial charge in [-0.2, -0.15) is 4.98 Å². The molecule has 0 spiro atoms. The van der Waals surface area contributed by atoms with E-state index in [-0.39, 0.29) is 34.8 Å². The first-order valence-corrected chi connectivity index (χ1v) is 11.1. The average Bonchev–Trinajstić information content (AvgIpc) is 3.03. The van der Waals surface area contributed by atoms with Crippen LogP contribution < -0.4 is 9.62 Å². The number of anilines is 1. The SMILES string of the molecule is CNC(=O)c1c(C2=CCC(C)(F)C=C2)oc2nc(N(C)S(C)(=O)=O)c(C(C)O)cc12. The number of carbonyl (C=O) groups excluding carboxylic acids is 1. The zero-order valence-corrected chi connectivity index (χ0v) is 18.2. The summed E-state index contributed by atoms with van der Waals surface area (Å²) in [5.74, 6) is -0.262. The van der Waals surface area contributed by atoms with E-state index in [1.54, 1.807) is 6.08 Å². The number of hydrogen-bond donors (Lipinski definition) is 2. The molecule has 1 aliphatic rings. The highest BCUT2D eigenvalue weighted by Gasteiger charge is 2.29. The van der Waals surface area contributed by atoms with Gasteiger partial charge < -0.3 is 14.8 Å². The molecule has 0 saturated carbocycles. The van der Waals surface area contributed by atoms with E-state index >= 15 is 0 Å². The Morgan fingerprint density at radius 2 is 2.13 bits per heavy atom. The molecule has 0 aliphatic heterocycles. The molecule has 0 fully saturated rings. The van der Waals surface area contributed by atoms with E-state index in [4.69, 9.17) is 4.42 Å². The molecule has 3 rings (SSSR count). The molecule has 2 aromatic rings. The summed E-state index contributed by atoms with van der Waals surface area (Å²) in [6.07, 6.45) is 4.62. The molecule has 0 saturated heterocycles. The number of allylic oxidation sites excluding steroid dienone is 4. The Balaban J connectivity index is 2.31. The van der Waals surface area contributed by atoms with Crippen LogP contribution >= 0.6 is 0 Å². The summed E-state index contributed by atoms with van der Waals surface area (Å²) >= 11 is 0. The van der Waals surface area contributed by atoms with Crippen LogP contribution in [0.4, 0.5) is 10.2 Å². The third-order valence-corrected chi connectivity index (χ3v) is 6.15. The smallest absolute Gasteiger partial charge is 0.255 e. The second kappa shape index (κ2) is 7.51. The number of amides is 1. The fraction of sp³-hybridized carbons (Fsp3) is 0.400. The highest BCUT2D eigenvalue weighted by atomic mass is 32.2. The minimum absolute atomic E-state index is 0.00624. The van der Waals surface area contributed by atoms with Crippen LogP contribution in [0.3, 0.4) is 0 Å². The van der Waals surface area contributed by atoms with E-state index in [9.17, 15) is 22.7 Å². The Morgan fingerprint density at radius 1 is 1.47 bits per heavy atom. The van der Waals surface area contributed by atoms with Crippen LogP contribution in [-0.4, -0.2) is 50.4 Å². The van der Waals surface area contributed by atoms with Crippen LogP contribution in [0.2, 0.25) is 0 Å². The molecule has 1 aliphatic carbocycles. The second-order valence-electron chi connectivity index (χ2n) is 7.52. The highest BCUT2D eigenvalue weighted by molar-refractivity contribution is 7.92. The summed E-state index contributed by atoms with van der Waals surface area (Å²) < 4.78 is 45.0. The molecule has 1 amide bonds. The van der Waals surface area contributed by atoms with Gasteiger partial charge in [0.05, 0.1) is 23.3 Å².